The van der Waals surface area contributed by atoms with E-state index in [1.807, 2.05) is 18.4 Å². The first-order valence-electron chi connectivity index (χ1n) is 8.94. The lowest BCUT2D eigenvalue weighted by atomic mass is 10.3. The largest absolute Gasteiger partial charge is 0.368 e. The van der Waals surface area contributed by atoms with Gasteiger partial charge in [-0.25, -0.2) is 28.5 Å². The Morgan fingerprint density at radius 1 is 1.10 bits per heavy atom. The molecule has 3 aromatic rings. The average molecular weight is 401 g/mol. The number of nitrogens with one attached hydrogen (secondary N) is 3. The molecule has 0 unspecified atom stereocenters. The molecule has 8 nitrogen and oxygen atoms in total. The first-order valence-corrected chi connectivity index (χ1v) is 8.94. The maximum atomic E-state index is 13.6. The normalized spacial score (nSPS) is 10.7. The van der Waals surface area contributed by atoms with Crippen molar-refractivity contribution in [2.24, 2.45) is 0 Å². The van der Waals surface area contributed by atoms with Gasteiger partial charge in [0, 0.05) is 30.9 Å². The van der Waals surface area contributed by atoms with E-state index in [1.54, 1.807) is 19.3 Å². The second-order valence-corrected chi connectivity index (χ2v) is 6.38. The number of aromatic nitrogens is 4. The average Bonchev–Trinajstić information content (AvgIpc) is 3.00. The van der Waals surface area contributed by atoms with E-state index in [0.717, 1.165) is 23.5 Å². The number of hydrogen-bond donors (Lipinski definition) is 3. The third-order valence-electron chi connectivity index (χ3n) is 4.22. The SMILES string of the molecule is Cc1nc(NCCNC(=O)Nc2ccc(F)cc2F)cc(-n2cnc(C)c2C)n1. The minimum Gasteiger partial charge on any atom is -0.368 e. The molecule has 0 saturated carbocycles. The number of imidazole rings is 1. The summed E-state index contributed by atoms with van der Waals surface area (Å²) in [6, 6.07) is 4.12. The molecule has 29 heavy (non-hydrogen) atoms. The first kappa shape index (κ1) is 20.2. The van der Waals surface area contributed by atoms with Gasteiger partial charge in [-0.2, -0.15) is 0 Å². The van der Waals surface area contributed by atoms with Crippen molar-refractivity contribution in [3.63, 3.8) is 0 Å². The molecule has 1 aromatic carbocycles. The fraction of sp³-hybridized carbons (Fsp3) is 0.263. The van der Waals surface area contributed by atoms with Crippen LogP contribution in [0.15, 0.2) is 30.6 Å². The van der Waals surface area contributed by atoms with E-state index in [9.17, 15) is 13.6 Å². The molecule has 0 spiro atoms. The lowest BCUT2D eigenvalue weighted by Crippen LogP contribution is -2.33. The zero-order chi connectivity index (χ0) is 21.0. The third-order valence-corrected chi connectivity index (χ3v) is 4.22. The maximum Gasteiger partial charge on any atom is 0.319 e. The summed E-state index contributed by atoms with van der Waals surface area (Å²) >= 11 is 0. The minimum atomic E-state index is -0.840. The van der Waals surface area contributed by atoms with Gasteiger partial charge in [0.15, 0.2) is 0 Å². The predicted molar refractivity (Wildman–Crippen MR) is 105 cm³/mol. The van der Waals surface area contributed by atoms with Gasteiger partial charge in [-0.3, -0.25) is 4.57 Å². The number of hydrogen-bond acceptors (Lipinski definition) is 5. The molecule has 2 aromatic heterocycles. The topological polar surface area (TPSA) is 96.8 Å². The summed E-state index contributed by atoms with van der Waals surface area (Å²) in [5.41, 5.74) is 1.81. The van der Waals surface area contributed by atoms with Gasteiger partial charge in [0.25, 0.3) is 0 Å². The van der Waals surface area contributed by atoms with Crippen LogP contribution in [0.5, 0.6) is 0 Å². The number of nitrogens with zero attached hydrogens (tertiary/aromatic N) is 4. The van der Waals surface area contributed by atoms with Gasteiger partial charge in [0.1, 0.15) is 35.4 Å². The van der Waals surface area contributed by atoms with Crippen molar-refractivity contribution in [3.05, 3.63) is 59.4 Å². The van der Waals surface area contributed by atoms with E-state index in [1.165, 1.54) is 0 Å². The number of urea groups is 1. The predicted octanol–water partition coefficient (Wildman–Crippen LogP) is 3.10. The maximum absolute atomic E-state index is 13.6. The van der Waals surface area contributed by atoms with E-state index in [4.69, 9.17) is 0 Å². The first-order chi connectivity index (χ1) is 13.8. The smallest absolute Gasteiger partial charge is 0.319 e. The second-order valence-electron chi connectivity index (χ2n) is 6.38. The molecular weight excluding hydrogens is 380 g/mol. The Bertz CT molecular complexity index is 1040. The summed E-state index contributed by atoms with van der Waals surface area (Å²) in [6.45, 7) is 6.32. The quantitative estimate of drug-likeness (QED) is 0.552. The third kappa shape index (κ3) is 5.03. The molecule has 3 rings (SSSR count). The highest BCUT2D eigenvalue weighted by atomic mass is 19.1. The zero-order valence-corrected chi connectivity index (χ0v) is 16.3. The summed E-state index contributed by atoms with van der Waals surface area (Å²) < 4.78 is 28.3. The zero-order valence-electron chi connectivity index (χ0n) is 16.3. The van der Waals surface area contributed by atoms with E-state index in [0.29, 0.717) is 30.1 Å². The fourth-order valence-corrected chi connectivity index (χ4v) is 2.62. The molecule has 2 heterocycles. The lowest BCUT2D eigenvalue weighted by Gasteiger charge is -2.11. The number of halogens is 2. The molecule has 0 bridgehead atoms. The number of aryl methyl sites for hydroxylation is 2. The molecule has 0 saturated heterocycles. The van der Waals surface area contributed by atoms with Crippen LogP contribution in [0.4, 0.5) is 25.1 Å². The summed E-state index contributed by atoms with van der Waals surface area (Å²) in [5, 5.41) is 8.02. The van der Waals surface area contributed by atoms with Gasteiger partial charge in [0.2, 0.25) is 0 Å². The van der Waals surface area contributed by atoms with Crippen LogP contribution in [0.1, 0.15) is 17.2 Å². The summed E-state index contributed by atoms with van der Waals surface area (Å²) in [7, 11) is 0. The Labute approximate surface area is 166 Å². The Balaban J connectivity index is 1.54. The molecule has 2 amide bonds. The summed E-state index contributed by atoms with van der Waals surface area (Å²) in [5.74, 6) is 0.333. The molecular formula is C19H21F2N7O. The number of anilines is 2. The van der Waals surface area contributed by atoms with Crippen LogP contribution in [0.3, 0.4) is 0 Å². The Morgan fingerprint density at radius 2 is 1.90 bits per heavy atom. The van der Waals surface area contributed by atoms with E-state index in [2.05, 4.69) is 30.9 Å². The number of benzene rings is 1. The molecule has 0 atom stereocenters. The number of rotatable bonds is 6. The standard InChI is InChI=1S/C19H21F2N7O/c1-11-12(2)28(10-24-11)18-9-17(25-13(3)26-18)22-6-7-23-19(29)27-16-5-4-14(20)8-15(16)21/h4-5,8-10H,6-7H2,1-3H3,(H,22,25,26)(H2,23,27,29). The number of carbonyl (C=O) groups excluding carboxylic acids is 1. The van der Waals surface area contributed by atoms with Gasteiger partial charge in [-0.1, -0.05) is 0 Å². The van der Waals surface area contributed by atoms with Crippen molar-refractivity contribution in [1.29, 1.82) is 0 Å². The monoisotopic (exact) mass is 401 g/mol. The Kier molecular flexibility index (Phi) is 6.01. The molecule has 0 aliphatic rings. The van der Waals surface area contributed by atoms with Gasteiger partial charge in [-0.05, 0) is 32.9 Å². The van der Waals surface area contributed by atoms with Crippen molar-refractivity contribution < 1.29 is 13.6 Å². The van der Waals surface area contributed by atoms with Gasteiger partial charge >= 0.3 is 6.03 Å². The summed E-state index contributed by atoms with van der Waals surface area (Å²) in [4.78, 5) is 24.9. The molecule has 152 valence electrons. The van der Waals surface area contributed by atoms with Crippen LogP contribution in [-0.4, -0.2) is 38.6 Å². The van der Waals surface area contributed by atoms with E-state index in [-0.39, 0.29) is 12.2 Å². The molecule has 0 aliphatic heterocycles. The van der Waals surface area contributed by atoms with Crippen molar-refractivity contribution in [1.82, 2.24) is 24.8 Å². The van der Waals surface area contributed by atoms with E-state index < -0.39 is 17.7 Å². The summed E-state index contributed by atoms with van der Waals surface area (Å²) in [6.07, 6.45) is 1.71. The van der Waals surface area contributed by atoms with Crippen LogP contribution in [0.2, 0.25) is 0 Å². The van der Waals surface area contributed by atoms with Crippen LogP contribution < -0.4 is 16.0 Å². The number of carbonyl (C=O) groups is 1. The second kappa shape index (κ2) is 8.63. The molecule has 0 aliphatic carbocycles. The molecule has 3 N–H and O–H groups in total. The lowest BCUT2D eigenvalue weighted by molar-refractivity contribution is 0.252. The van der Waals surface area contributed by atoms with Crippen LogP contribution in [0, 0.1) is 32.4 Å². The fourth-order valence-electron chi connectivity index (χ4n) is 2.62. The highest BCUT2D eigenvalue weighted by molar-refractivity contribution is 5.89. The van der Waals surface area contributed by atoms with Gasteiger partial charge in [-0.15, -0.1) is 0 Å². The van der Waals surface area contributed by atoms with Crippen LogP contribution in [0.25, 0.3) is 5.82 Å². The molecule has 0 fully saturated rings. The van der Waals surface area contributed by atoms with Gasteiger partial charge in [0.05, 0.1) is 11.4 Å². The highest BCUT2D eigenvalue weighted by Crippen LogP contribution is 2.16. The van der Waals surface area contributed by atoms with Crippen LogP contribution >= 0.6 is 0 Å². The van der Waals surface area contributed by atoms with E-state index >= 15 is 0 Å². The molecule has 10 heteroatoms. The van der Waals surface area contributed by atoms with Crippen molar-refractivity contribution in [2.45, 2.75) is 20.8 Å². The minimum absolute atomic E-state index is 0.0982. The van der Waals surface area contributed by atoms with Crippen molar-refractivity contribution in [3.8, 4) is 5.82 Å². The van der Waals surface area contributed by atoms with Crippen LogP contribution in [-0.2, 0) is 0 Å². The van der Waals surface area contributed by atoms with Gasteiger partial charge < -0.3 is 16.0 Å². The Hall–Kier alpha value is -3.56. The van der Waals surface area contributed by atoms with Crippen molar-refractivity contribution >= 4 is 17.5 Å². The Morgan fingerprint density at radius 3 is 2.59 bits per heavy atom. The molecule has 0 radical (unpaired) electrons. The van der Waals surface area contributed by atoms with Crippen molar-refractivity contribution in [2.75, 3.05) is 23.7 Å². The highest BCUT2D eigenvalue weighted by Gasteiger charge is 2.09. The number of amides is 2.